The fraction of sp³-hybridized carbons (Fsp3) is 0.190. The Hall–Kier alpha value is -3.01. The number of fused-ring (bicyclic) bond motifs is 1. The van der Waals surface area contributed by atoms with Gasteiger partial charge in [-0.25, -0.2) is 0 Å². The number of allylic oxidation sites excluding steroid dienone is 6. The molecule has 1 aromatic carbocycles. The first-order valence-electron chi connectivity index (χ1n) is 8.06. The van der Waals surface area contributed by atoms with Crippen molar-refractivity contribution < 1.29 is 15.0 Å². The van der Waals surface area contributed by atoms with Gasteiger partial charge in [0.2, 0.25) is 0 Å². The van der Waals surface area contributed by atoms with Crippen molar-refractivity contribution >= 4 is 22.6 Å². The van der Waals surface area contributed by atoms with Crippen molar-refractivity contribution in [3.05, 3.63) is 77.7 Å². The van der Waals surface area contributed by atoms with Crippen LogP contribution in [-0.2, 0) is 11.2 Å². The molecule has 0 atom stereocenters. The molecule has 130 valence electrons. The summed E-state index contributed by atoms with van der Waals surface area (Å²) in [5.41, 5.74) is 4.37. The molecule has 0 unspecified atom stereocenters. The number of benzene rings is 1. The van der Waals surface area contributed by atoms with E-state index in [0.717, 1.165) is 33.4 Å². The number of carbonyl (C=O) groups is 1. The third kappa shape index (κ3) is 4.10. The molecule has 0 aliphatic rings. The fourth-order valence-corrected chi connectivity index (χ4v) is 2.81. The van der Waals surface area contributed by atoms with Crippen LogP contribution in [0.3, 0.4) is 0 Å². The Balaban J connectivity index is 2.49. The number of hydrogen-bond donors (Lipinski definition) is 2. The highest BCUT2D eigenvalue weighted by Gasteiger charge is 2.13. The van der Waals surface area contributed by atoms with Gasteiger partial charge in [-0.05, 0) is 56.2 Å². The van der Waals surface area contributed by atoms with Crippen LogP contribution in [0.5, 0.6) is 0 Å². The van der Waals surface area contributed by atoms with Gasteiger partial charge in [-0.15, -0.1) is 0 Å². The van der Waals surface area contributed by atoms with Crippen LogP contribution in [0.25, 0.3) is 16.6 Å². The van der Waals surface area contributed by atoms with Crippen LogP contribution in [0.15, 0.2) is 66.5 Å². The maximum atomic E-state index is 11.1. The lowest BCUT2D eigenvalue weighted by atomic mass is 10.1. The zero-order valence-electron chi connectivity index (χ0n) is 14.8. The van der Waals surface area contributed by atoms with Crippen LogP contribution in [0, 0.1) is 6.92 Å². The number of carboxylic acid groups (broad SMARTS) is 1. The molecule has 0 amide bonds. The van der Waals surface area contributed by atoms with Crippen molar-refractivity contribution in [3.63, 3.8) is 0 Å². The number of nitrogens with zero attached hydrogens (tertiary/aromatic N) is 1. The van der Waals surface area contributed by atoms with Gasteiger partial charge < -0.3 is 14.8 Å². The van der Waals surface area contributed by atoms with Crippen molar-refractivity contribution in [2.75, 3.05) is 0 Å². The van der Waals surface area contributed by atoms with E-state index in [4.69, 9.17) is 5.11 Å². The van der Waals surface area contributed by atoms with Crippen LogP contribution in [0.1, 0.15) is 25.1 Å². The Morgan fingerprint density at radius 3 is 2.64 bits per heavy atom. The highest BCUT2D eigenvalue weighted by molar-refractivity contribution is 5.91. The normalized spacial score (nSPS) is 12.9. The molecule has 0 saturated carbocycles. The van der Waals surface area contributed by atoms with E-state index in [0.29, 0.717) is 0 Å². The number of aromatic nitrogens is 1. The summed E-state index contributed by atoms with van der Waals surface area (Å²) in [5.74, 6) is -0.676. The molecule has 25 heavy (non-hydrogen) atoms. The molecule has 0 fully saturated rings. The van der Waals surface area contributed by atoms with Gasteiger partial charge in [0.1, 0.15) is 5.76 Å². The first-order valence-corrected chi connectivity index (χ1v) is 8.06. The molecule has 0 saturated heterocycles. The molecule has 0 radical (unpaired) electrons. The summed E-state index contributed by atoms with van der Waals surface area (Å²) in [6.07, 6.45) is 6.79. The molecule has 1 heterocycles. The molecular weight excluding hydrogens is 314 g/mol. The summed E-state index contributed by atoms with van der Waals surface area (Å²) >= 11 is 0. The van der Waals surface area contributed by atoms with E-state index in [-0.39, 0.29) is 12.2 Å². The summed E-state index contributed by atoms with van der Waals surface area (Å²) in [6, 6.07) is 7.64. The van der Waals surface area contributed by atoms with E-state index in [1.165, 1.54) is 0 Å². The maximum Gasteiger partial charge on any atom is 0.307 e. The molecule has 2 rings (SSSR count). The molecule has 2 aromatic rings. The number of aliphatic hydroxyl groups is 1. The number of aryl methyl sites for hydroxylation is 1. The second-order valence-corrected chi connectivity index (χ2v) is 5.93. The van der Waals surface area contributed by atoms with Gasteiger partial charge in [-0.1, -0.05) is 30.9 Å². The standard InChI is InChI=1S/C21H23NO3/c1-5-7-18(23)11-10-14(2)16(4)22-15(3)12-19-17(13-21(24)25)8-6-9-20(19)22/h5-12,23H,4,13H2,1-3H3,(H,24,25)/b7-5-,14-10+,18-11+. The Kier molecular flexibility index (Phi) is 5.65. The van der Waals surface area contributed by atoms with Crippen molar-refractivity contribution in [2.24, 2.45) is 0 Å². The van der Waals surface area contributed by atoms with Crippen molar-refractivity contribution in [3.8, 4) is 0 Å². The van der Waals surface area contributed by atoms with E-state index in [9.17, 15) is 9.90 Å². The lowest BCUT2D eigenvalue weighted by Crippen LogP contribution is -2.01. The van der Waals surface area contributed by atoms with Gasteiger partial charge >= 0.3 is 5.97 Å². The lowest BCUT2D eigenvalue weighted by molar-refractivity contribution is -0.136. The average molecular weight is 337 g/mol. The number of rotatable bonds is 6. The van der Waals surface area contributed by atoms with Gasteiger partial charge in [-0.2, -0.15) is 0 Å². The first kappa shape index (κ1) is 18.3. The lowest BCUT2D eigenvalue weighted by Gasteiger charge is -2.12. The van der Waals surface area contributed by atoms with Crippen LogP contribution in [-0.4, -0.2) is 20.7 Å². The van der Waals surface area contributed by atoms with Gasteiger partial charge in [0.15, 0.2) is 0 Å². The average Bonchev–Trinajstić information content (AvgIpc) is 2.89. The summed E-state index contributed by atoms with van der Waals surface area (Å²) in [6.45, 7) is 9.90. The second kappa shape index (κ2) is 7.71. The number of aliphatic carboxylic acids is 1. The van der Waals surface area contributed by atoms with Crippen LogP contribution in [0.2, 0.25) is 0 Å². The minimum Gasteiger partial charge on any atom is -0.508 e. The van der Waals surface area contributed by atoms with Crippen LogP contribution < -0.4 is 0 Å². The molecule has 0 bridgehead atoms. The van der Waals surface area contributed by atoms with Crippen molar-refractivity contribution in [1.29, 1.82) is 0 Å². The zero-order chi connectivity index (χ0) is 18.6. The summed E-state index contributed by atoms with van der Waals surface area (Å²) < 4.78 is 2.01. The highest BCUT2D eigenvalue weighted by Crippen LogP contribution is 2.28. The Morgan fingerprint density at radius 1 is 1.28 bits per heavy atom. The predicted molar refractivity (Wildman–Crippen MR) is 103 cm³/mol. The van der Waals surface area contributed by atoms with Crippen molar-refractivity contribution in [1.82, 2.24) is 4.57 Å². The van der Waals surface area contributed by atoms with E-state index in [1.807, 2.05) is 55.7 Å². The third-order valence-corrected chi connectivity index (χ3v) is 4.03. The Bertz CT molecular complexity index is 911. The second-order valence-electron chi connectivity index (χ2n) is 5.93. The van der Waals surface area contributed by atoms with Gasteiger partial charge in [0.05, 0.1) is 11.9 Å². The summed E-state index contributed by atoms with van der Waals surface area (Å²) in [7, 11) is 0. The van der Waals surface area contributed by atoms with Gasteiger partial charge in [0.25, 0.3) is 0 Å². The topological polar surface area (TPSA) is 62.5 Å². The monoisotopic (exact) mass is 337 g/mol. The number of hydrogen-bond acceptors (Lipinski definition) is 2. The van der Waals surface area contributed by atoms with Crippen LogP contribution >= 0.6 is 0 Å². The van der Waals surface area contributed by atoms with E-state index >= 15 is 0 Å². The zero-order valence-corrected chi connectivity index (χ0v) is 14.8. The minimum absolute atomic E-state index is 0.0119. The van der Waals surface area contributed by atoms with E-state index in [2.05, 4.69) is 6.58 Å². The smallest absolute Gasteiger partial charge is 0.307 e. The Labute approximate surface area is 147 Å². The first-order chi connectivity index (χ1) is 11.8. The van der Waals surface area contributed by atoms with Crippen molar-refractivity contribution in [2.45, 2.75) is 27.2 Å². The van der Waals surface area contributed by atoms with Crippen LogP contribution in [0.4, 0.5) is 0 Å². The molecule has 2 N–H and O–H groups in total. The molecule has 4 nitrogen and oxygen atoms in total. The number of carboxylic acids is 1. The van der Waals surface area contributed by atoms with Gasteiger partial charge in [-0.3, -0.25) is 4.79 Å². The molecular formula is C21H23NO3. The minimum atomic E-state index is -0.850. The summed E-state index contributed by atoms with van der Waals surface area (Å²) in [4.78, 5) is 11.1. The predicted octanol–water partition coefficient (Wildman–Crippen LogP) is 5.01. The molecule has 0 aliphatic heterocycles. The quantitative estimate of drug-likeness (QED) is 0.575. The molecule has 1 aromatic heterocycles. The molecule has 0 aliphatic carbocycles. The fourth-order valence-electron chi connectivity index (χ4n) is 2.81. The van der Waals surface area contributed by atoms with Gasteiger partial charge in [0, 0.05) is 16.8 Å². The third-order valence-electron chi connectivity index (χ3n) is 4.03. The Morgan fingerprint density at radius 2 is 2.00 bits per heavy atom. The number of aliphatic hydroxyl groups excluding tert-OH is 1. The highest BCUT2D eigenvalue weighted by atomic mass is 16.4. The maximum absolute atomic E-state index is 11.1. The molecule has 4 heteroatoms. The SMILES string of the molecule is C=C(/C(C)=C/C=C(O)\C=C/C)n1c(C)cc2c(CC(=O)O)cccc21. The largest absolute Gasteiger partial charge is 0.508 e. The molecule has 0 spiro atoms. The van der Waals surface area contributed by atoms with E-state index < -0.39 is 5.97 Å². The summed E-state index contributed by atoms with van der Waals surface area (Å²) in [5, 5.41) is 19.7. The van der Waals surface area contributed by atoms with E-state index in [1.54, 1.807) is 18.2 Å².